The van der Waals surface area contributed by atoms with Crippen LogP contribution in [-0.2, 0) is 4.74 Å². The summed E-state index contributed by atoms with van der Waals surface area (Å²) in [5, 5.41) is 3.39. The Morgan fingerprint density at radius 3 is 2.81 bits per heavy atom. The molecular formula is C18H32F3IN4O. The molecule has 0 amide bonds. The molecule has 0 aliphatic carbocycles. The van der Waals surface area contributed by atoms with E-state index in [1.54, 1.807) is 14.0 Å². The van der Waals surface area contributed by atoms with Gasteiger partial charge in [0.15, 0.2) is 5.96 Å². The number of hydrogen-bond donors (Lipinski definition) is 1. The van der Waals surface area contributed by atoms with E-state index >= 15 is 0 Å². The Morgan fingerprint density at radius 2 is 2.22 bits per heavy atom. The van der Waals surface area contributed by atoms with E-state index < -0.39 is 12.7 Å². The highest BCUT2D eigenvalue weighted by molar-refractivity contribution is 14.0. The van der Waals surface area contributed by atoms with Crippen molar-refractivity contribution in [1.29, 1.82) is 0 Å². The average molecular weight is 504 g/mol. The number of rotatable bonds is 7. The van der Waals surface area contributed by atoms with Crippen molar-refractivity contribution in [2.24, 2.45) is 10.9 Å². The third kappa shape index (κ3) is 8.99. The second-order valence-electron chi connectivity index (χ2n) is 6.95. The first-order chi connectivity index (χ1) is 12.4. The molecule has 5 nitrogen and oxygen atoms in total. The number of aliphatic imine (C=N–C) groups is 1. The molecule has 0 radical (unpaired) electrons. The van der Waals surface area contributed by atoms with Gasteiger partial charge in [-0.05, 0) is 31.7 Å². The van der Waals surface area contributed by atoms with Gasteiger partial charge in [0.2, 0.25) is 0 Å². The number of nitrogens with zero attached hydrogens (tertiary/aromatic N) is 3. The van der Waals surface area contributed by atoms with Crippen molar-refractivity contribution in [1.82, 2.24) is 15.1 Å². The first-order valence-corrected chi connectivity index (χ1v) is 9.41. The zero-order valence-corrected chi connectivity index (χ0v) is 18.6. The Hall–Kier alpha value is -0.550. The molecule has 0 aromatic carbocycles. The summed E-state index contributed by atoms with van der Waals surface area (Å²) in [6.07, 6.45) is 0.856. The first kappa shape index (κ1) is 24.5. The lowest BCUT2D eigenvalue weighted by molar-refractivity contribution is -0.146. The Kier molecular flexibility index (Phi) is 11.0. The molecule has 1 unspecified atom stereocenters. The topological polar surface area (TPSA) is 40.1 Å². The van der Waals surface area contributed by atoms with Crippen LogP contribution < -0.4 is 5.32 Å². The smallest absolute Gasteiger partial charge is 0.377 e. The number of hydrogen-bond acceptors (Lipinski definition) is 3. The number of likely N-dealkylation sites (tertiary alicyclic amines) is 1. The molecule has 0 aromatic heterocycles. The van der Waals surface area contributed by atoms with Crippen LogP contribution in [-0.4, -0.2) is 81.5 Å². The van der Waals surface area contributed by atoms with Crippen molar-refractivity contribution >= 4 is 29.9 Å². The fourth-order valence-corrected chi connectivity index (χ4v) is 3.56. The molecule has 0 saturated carbocycles. The maximum atomic E-state index is 12.6. The third-order valence-corrected chi connectivity index (χ3v) is 4.95. The van der Waals surface area contributed by atoms with Crippen LogP contribution in [0.5, 0.6) is 0 Å². The predicted octanol–water partition coefficient (Wildman–Crippen LogP) is 3.12. The molecule has 9 heteroatoms. The van der Waals surface area contributed by atoms with E-state index in [0.717, 1.165) is 51.5 Å². The Bertz CT molecular complexity index is 499. The Morgan fingerprint density at radius 1 is 1.44 bits per heavy atom. The zero-order valence-electron chi connectivity index (χ0n) is 16.2. The summed E-state index contributed by atoms with van der Waals surface area (Å²) < 4.78 is 43.2. The zero-order chi connectivity index (χ0) is 19.0. The van der Waals surface area contributed by atoms with Crippen LogP contribution in [0.2, 0.25) is 0 Å². The van der Waals surface area contributed by atoms with Gasteiger partial charge in [0.25, 0.3) is 0 Å². The molecule has 158 valence electrons. The highest BCUT2D eigenvalue weighted by Gasteiger charge is 2.32. The van der Waals surface area contributed by atoms with E-state index in [9.17, 15) is 13.2 Å². The molecule has 27 heavy (non-hydrogen) atoms. The molecular weight excluding hydrogens is 472 g/mol. The van der Waals surface area contributed by atoms with E-state index in [1.807, 2.05) is 0 Å². The van der Waals surface area contributed by atoms with Crippen LogP contribution in [0.1, 0.15) is 26.2 Å². The van der Waals surface area contributed by atoms with Gasteiger partial charge < -0.3 is 15.0 Å². The van der Waals surface area contributed by atoms with Crippen molar-refractivity contribution in [3.8, 4) is 0 Å². The van der Waals surface area contributed by atoms with E-state index in [1.165, 1.54) is 10.5 Å². The second kappa shape index (κ2) is 12.1. The van der Waals surface area contributed by atoms with Gasteiger partial charge in [-0.3, -0.25) is 9.89 Å². The van der Waals surface area contributed by atoms with Crippen LogP contribution in [0.3, 0.4) is 0 Å². The van der Waals surface area contributed by atoms with Crippen LogP contribution in [0, 0.1) is 5.92 Å². The summed E-state index contributed by atoms with van der Waals surface area (Å²) in [5.41, 5.74) is 1.41. The molecule has 0 spiro atoms. The summed E-state index contributed by atoms with van der Waals surface area (Å²) in [6, 6.07) is 0. The number of nitrogens with one attached hydrogen (secondary N) is 1. The predicted molar refractivity (Wildman–Crippen MR) is 113 cm³/mol. The van der Waals surface area contributed by atoms with Crippen LogP contribution in [0.15, 0.2) is 16.6 Å². The standard InChI is InChI=1S/C18H31F3N4O.HI/c1-3-24(14-18(19,20)21)12-16-5-9-25(13-16)17(22-2)23-8-4-15-6-10-26-11-7-15;/h6,16H,3-5,7-14H2,1-2H3,(H,22,23);1H. The van der Waals surface area contributed by atoms with E-state index in [4.69, 9.17) is 4.74 Å². The van der Waals surface area contributed by atoms with Gasteiger partial charge in [0.1, 0.15) is 0 Å². The van der Waals surface area contributed by atoms with E-state index in [2.05, 4.69) is 21.3 Å². The largest absolute Gasteiger partial charge is 0.401 e. The highest BCUT2D eigenvalue weighted by atomic mass is 127. The molecule has 2 rings (SSSR count). The molecule has 0 bridgehead atoms. The maximum Gasteiger partial charge on any atom is 0.401 e. The van der Waals surface area contributed by atoms with Gasteiger partial charge in [0.05, 0.1) is 19.8 Å². The fourth-order valence-electron chi connectivity index (χ4n) is 3.56. The molecule has 1 atom stereocenters. The molecule has 1 N–H and O–H groups in total. The Labute approximate surface area is 177 Å². The lowest BCUT2D eigenvalue weighted by Crippen LogP contribution is -2.42. The monoisotopic (exact) mass is 504 g/mol. The van der Waals surface area contributed by atoms with Gasteiger partial charge in [-0.15, -0.1) is 24.0 Å². The van der Waals surface area contributed by atoms with E-state index in [0.29, 0.717) is 19.7 Å². The summed E-state index contributed by atoms with van der Waals surface area (Å²) in [7, 11) is 1.76. The lowest BCUT2D eigenvalue weighted by Gasteiger charge is -2.26. The van der Waals surface area contributed by atoms with Crippen molar-refractivity contribution in [2.75, 3.05) is 59.5 Å². The summed E-state index contributed by atoms with van der Waals surface area (Å²) in [4.78, 5) is 7.98. The summed E-state index contributed by atoms with van der Waals surface area (Å²) >= 11 is 0. The van der Waals surface area contributed by atoms with Gasteiger partial charge in [0, 0.05) is 33.2 Å². The lowest BCUT2D eigenvalue weighted by atomic mass is 10.1. The number of halogens is 4. The van der Waals surface area contributed by atoms with Crippen molar-refractivity contribution in [2.45, 2.75) is 32.4 Å². The van der Waals surface area contributed by atoms with Crippen molar-refractivity contribution in [3.05, 3.63) is 11.6 Å². The summed E-state index contributed by atoms with van der Waals surface area (Å²) in [5.74, 6) is 1.09. The SMILES string of the molecule is CCN(CC1CCN(C(=NC)NCCC2=CCOCC2)C1)CC(F)(F)F.I. The average Bonchev–Trinajstić information content (AvgIpc) is 3.06. The first-order valence-electron chi connectivity index (χ1n) is 9.41. The van der Waals surface area contributed by atoms with Crippen LogP contribution in [0.25, 0.3) is 0 Å². The summed E-state index contributed by atoms with van der Waals surface area (Å²) in [6.45, 7) is 5.75. The van der Waals surface area contributed by atoms with Crippen LogP contribution >= 0.6 is 24.0 Å². The van der Waals surface area contributed by atoms with Gasteiger partial charge in [-0.1, -0.05) is 18.6 Å². The fraction of sp³-hybridized carbons (Fsp3) is 0.833. The van der Waals surface area contributed by atoms with Crippen molar-refractivity contribution < 1.29 is 17.9 Å². The van der Waals surface area contributed by atoms with Crippen molar-refractivity contribution in [3.63, 3.8) is 0 Å². The van der Waals surface area contributed by atoms with Gasteiger partial charge in [-0.2, -0.15) is 13.2 Å². The quantitative estimate of drug-likeness (QED) is 0.251. The molecule has 2 heterocycles. The van der Waals surface area contributed by atoms with E-state index in [-0.39, 0.29) is 29.9 Å². The molecule has 1 saturated heterocycles. The Balaban J connectivity index is 0.00000364. The number of ether oxygens (including phenoxy) is 1. The maximum absolute atomic E-state index is 12.6. The molecule has 1 fully saturated rings. The number of alkyl halides is 3. The third-order valence-electron chi connectivity index (χ3n) is 4.95. The normalized spacial score (nSPS) is 21.3. The van der Waals surface area contributed by atoms with Gasteiger partial charge in [-0.25, -0.2) is 0 Å². The molecule has 2 aliphatic heterocycles. The van der Waals surface area contributed by atoms with Crippen LogP contribution in [0.4, 0.5) is 13.2 Å². The minimum atomic E-state index is -4.13. The molecule has 0 aromatic rings. The highest BCUT2D eigenvalue weighted by Crippen LogP contribution is 2.21. The minimum Gasteiger partial charge on any atom is -0.377 e. The molecule has 2 aliphatic rings. The number of guanidine groups is 1. The van der Waals surface area contributed by atoms with Gasteiger partial charge >= 0.3 is 6.18 Å². The minimum absolute atomic E-state index is 0. The second-order valence-corrected chi connectivity index (χ2v) is 6.95.